The summed E-state index contributed by atoms with van der Waals surface area (Å²) in [4.78, 5) is 22.4. The molecule has 2 aromatic rings. The van der Waals surface area contributed by atoms with E-state index in [1.54, 1.807) is 0 Å². The van der Waals surface area contributed by atoms with Crippen molar-refractivity contribution in [3.05, 3.63) is 59.7 Å². The van der Waals surface area contributed by atoms with E-state index in [0.29, 0.717) is 16.8 Å². The van der Waals surface area contributed by atoms with Gasteiger partial charge in [-0.05, 0) is 48.5 Å². The number of nitrogens with zero attached hydrogens (tertiary/aromatic N) is 1. The van der Waals surface area contributed by atoms with Crippen LogP contribution in [0.5, 0.6) is 0 Å². The third-order valence-corrected chi connectivity index (χ3v) is 4.53. The molecular weight excluding hydrogens is 346 g/mol. The summed E-state index contributed by atoms with van der Waals surface area (Å²) in [6.45, 7) is -0.723. The molecule has 1 amide bonds. The maximum atomic E-state index is 12.1. The van der Waals surface area contributed by atoms with E-state index in [-0.39, 0.29) is 4.90 Å². The van der Waals surface area contributed by atoms with E-state index in [2.05, 4.69) is 5.32 Å². The molecule has 0 saturated carbocycles. The van der Waals surface area contributed by atoms with E-state index in [1.165, 1.54) is 48.5 Å². The normalized spacial score (nSPS) is 10.7. The van der Waals surface area contributed by atoms with Gasteiger partial charge in [-0.1, -0.05) is 0 Å². The van der Waals surface area contributed by atoms with Crippen molar-refractivity contribution in [2.45, 2.75) is 4.90 Å². The number of sulfonamides is 1. The summed E-state index contributed by atoms with van der Waals surface area (Å²) in [6.07, 6.45) is 0. The predicted octanol–water partition coefficient (Wildman–Crippen LogP) is 1.17. The Bertz CT molecular complexity index is 929. The molecule has 0 aliphatic rings. The van der Waals surface area contributed by atoms with Gasteiger partial charge in [0.2, 0.25) is 10.0 Å². The van der Waals surface area contributed by atoms with E-state index in [9.17, 15) is 18.0 Å². The van der Waals surface area contributed by atoms with E-state index in [1.807, 2.05) is 10.8 Å². The van der Waals surface area contributed by atoms with Crippen molar-refractivity contribution in [3.63, 3.8) is 0 Å². The minimum Gasteiger partial charge on any atom is -0.480 e. The van der Waals surface area contributed by atoms with Crippen LogP contribution in [0.25, 0.3) is 0 Å². The molecule has 25 heavy (non-hydrogen) atoms. The number of anilines is 1. The molecule has 0 unspecified atom stereocenters. The first-order chi connectivity index (χ1) is 11.8. The summed E-state index contributed by atoms with van der Waals surface area (Å²) in [7, 11) is -3.93. The van der Waals surface area contributed by atoms with E-state index in [0.717, 1.165) is 0 Å². The number of rotatable bonds is 6. The summed E-state index contributed by atoms with van der Waals surface area (Å²) < 4.78 is 25.7. The Hall–Kier alpha value is -3.22. The maximum Gasteiger partial charge on any atom is 0.318 e. The van der Waals surface area contributed by atoms with Crippen LogP contribution >= 0.6 is 0 Å². The van der Waals surface area contributed by atoms with Crippen molar-refractivity contribution >= 4 is 27.6 Å². The number of carboxylic acids is 1. The summed E-state index contributed by atoms with van der Waals surface area (Å²) >= 11 is 0. The van der Waals surface area contributed by atoms with Gasteiger partial charge in [0.1, 0.15) is 6.54 Å². The maximum absolute atomic E-state index is 12.1. The van der Waals surface area contributed by atoms with Crippen LogP contribution in [0.2, 0.25) is 0 Å². The highest BCUT2D eigenvalue weighted by atomic mass is 32.2. The highest BCUT2D eigenvalue weighted by Crippen LogP contribution is 2.15. The predicted molar refractivity (Wildman–Crippen MR) is 88.4 cm³/mol. The summed E-state index contributed by atoms with van der Waals surface area (Å²) in [6, 6.07) is 13.2. The van der Waals surface area contributed by atoms with E-state index >= 15 is 0 Å². The summed E-state index contributed by atoms with van der Waals surface area (Å²) in [5, 5.41) is 19.8. The van der Waals surface area contributed by atoms with Gasteiger partial charge in [0, 0.05) is 11.3 Å². The van der Waals surface area contributed by atoms with Gasteiger partial charge in [0.25, 0.3) is 5.91 Å². The SMILES string of the molecule is N#Cc1ccc(C(=O)Nc2ccc(S(=O)(=O)NCC(=O)O)cc2)cc1. The number of nitrogens with one attached hydrogen (secondary N) is 2. The lowest BCUT2D eigenvalue weighted by Crippen LogP contribution is -2.29. The zero-order valence-electron chi connectivity index (χ0n) is 12.8. The average molecular weight is 359 g/mol. The number of benzene rings is 2. The van der Waals surface area contributed by atoms with Crippen LogP contribution in [-0.2, 0) is 14.8 Å². The van der Waals surface area contributed by atoms with Crippen LogP contribution in [-0.4, -0.2) is 31.9 Å². The first-order valence-electron chi connectivity index (χ1n) is 6.95. The molecule has 0 atom stereocenters. The molecule has 8 nitrogen and oxygen atoms in total. The molecule has 0 radical (unpaired) electrons. The molecule has 9 heteroatoms. The number of carboxylic acid groups (broad SMARTS) is 1. The Morgan fingerprint density at radius 1 is 1.04 bits per heavy atom. The van der Waals surface area contributed by atoms with Gasteiger partial charge in [0.05, 0.1) is 16.5 Å². The first-order valence-corrected chi connectivity index (χ1v) is 8.43. The number of carbonyl (C=O) groups is 2. The molecular formula is C16H13N3O5S. The molecule has 0 aromatic heterocycles. The molecule has 0 aliphatic heterocycles. The van der Waals surface area contributed by atoms with Gasteiger partial charge in [-0.15, -0.1) is 0 Å². The Morgan fingerprint density at radius 3 is 2.16 bits per heavy atom. The number of carbonyl (C=O) groups excluding carboxylic acids is 1. The zero-order chi connectivity index (χ0) is 18.4. The highest BCUT2D eigenvalue weighted by molar-refractivity contribution is 7.89. The van der Waals surface area contributed by atoms with Gasteiger partial charge < -0.3 is 10.4 Å². The number of amides is 1. The fraction of sp³-hybridized carbons (Fsp3) is 0.0625. The Morgan fingerprint density at radius 2 is 1.64 bits per heavy atom. The second kappa shape index (κ2) is 7.57. The zero-order valence-corrected chi connectivity index (χ0v) is 13.6. The second-order valence-corrected chi connectivity index (χ2v) is 6.65. The van der Waals surface area contributed by atoms with Gasteiger partial charge in [-0.2, -0.15) is 9.98 Å². The third-order valence-electron chi connectivity index (χ3n) is 3.11. The third kappa shape index (κ3) is 4.87. The molecule has 128 valence electrons. The number of hydrogen-bond donors (Lipinski definition) is 3. The van der Waals surface area contributed by atoms with Crippen LogP contribution in [0, 0.1) is 11.3 Å². The second-order valence-electron chi connectivity index (χ2n) is 4.89. The number of aliphatic carboxylic acids is 1. The minimum atomic E-state index is -3.93. The molecule has 0 spiro atoms. The highest BCUT2D eigenvalue weighted by Gasteiger charge is 2.15. The smallest absolute Gasteiger partial charge is 0.318 e. The largest absolute Gasteiger partial charge is 0.480 e. The lowest BCUT2D eigenvalue weighted by atomic mass is 10.1. The van der Waals surface area contributed by atoms with Gasteiger partial charge >= 0.3 is 5.97 Å². The molecule has 0 heterocycles. The quantitative estimate of drug-likeness (QED) is 0.708. The van der Waals surface area contributed by atoms with Crippen LogP contribution < -0.4 is 10.0 Å². The molecule has 0 saturated heterocycles. The van der Waals surface area contributed by atoms with Crippen LogP contribution in [0.15, 0.2) is 53.4 Å². The molecule has 0 fully saturated rings. The molecule has 0 aliphatic carbocycles. The first kappa shape index (κ1) is 18.1. The molecule has 2 aromatic carbocycles. The lowest BCUT2D eigenvalue weighted by Gasteiger charge is -2.08. The van der Waals surface area contributed by atoms with Crippen molar-refractivity contribution in [3.8, 4) is 6.07 Å². The average Bonchev–Trinajstić information content (AvgIpc) is 2.60. The minimum absolute atomic E-state index is 0.120. The van der Waals surface area contributed by atoms with Crippen molar-refractivity contribution in [2.75, 3.05) is 11.9 Å². The monoisotopic (exact) mass is 359 g/mol. The lowest BCUT2D eigenvalue weighted by molar-refractivity contribution is -0.135. The molecule has 0 bridgehead atoms. The van der Waals surface area contributed by atoms with Gasteiger partial charge in [-0.3, -0.25) is 9.59 Å². The van der Waals surface area contributed by atoms with E-state index in [4.69, 9.17) is 10.4 Å². The molecule has 3 N–H and O–H groups in total. The fourth-order valence-corrected chi connectivity index (χ4v) is 2.83. The topological polar surface area (TPSA) is 136 Å². The van der Waals surface area contributed by atoms with Gasteiger partial charge in [0.15, 0.2) is 0 Å². The number of nitriles is 1. The van der Waals surface area contributed by atoms with Crippen molar-refractivity contribution in [1.29, 1.82) is 5.26 Å². The standard InChI is InChI=1S/C16H13N3O5S/c17-9-11-1-3-12(4-2-11)16(22)19-13-5-7-14(8-6-13)25(23,24)18-10-15(20)21/h1-8,18H,10H2,(H,19,22)(H,20,21). The van der Waals surface area contributed by atoms with Crippen LogP contribution in [0.4, 0.5) is 5.69 Å². The molecule has 2 rings (SSSR count). The summed E-state index contributed by atoms with van der Waals surface area (Å²) in [5.74, 6) is -1.71. The number of hydrogen-bond acceptors (Lipinski definition) is 5. The van der Waals surface area contributed by atoms with Crippen molar-refractivity contribution in [2.24, 2.45) is 0 Å². The van der Waals surface area contributed by atoms with Crippen molar-refractivity contribution in [1.82, 2.24) is 4.72 Å². The van der Waals surface area contributed by atoms with Crippen LogP contribution in [0.1, 0.15) is 15.9 Å². The Kier molecular flexibility index (Phi) is 5.49. The Balaban J connectivity index is 2.08. The van der Waals surface area contributed by atoms with Crippen molar-refractivity contribution < 1.29 is 23.1 Å². The summed E-state index contributed by atoms with van der Waals surface area (Å²) in [5.41, 5.74) is 1.14. The van der Waals surface area contributed by atoms with Crippen LogP contribution in [0.3, 0.4) is 0 Å². The van der Waals surface area contributed by atoms with E-state index < -0.39 is 28.4 Å². The van der Waals surface area contributed by atoms with Gasteiger partial charge in [-0.25, -0.2) is 8.42 Å². The fourth-order valence-electron chi connectivity index (χ4n) is 1.86. The Labute approximate surface area is 143 Å².